The summed E-state index contributed by atoms with van der Waals surface area (Å²) in [6.07, 6.45) is 1.64. The third kappa shape index (κ3) is 3.53. The summed E-state index contributed by atoms with van der Waals surface area (Å²) in [7, 11) is 2.00. The first-order valence-electron chi connectivity index (χ1n) is 7.83. The molecule has 1 aliphatic rings. The summed E-state index contributed by atoms with van der Waals surface area (Å²) in [5, 5.41) is 2.94. The number of pyridine rings is 1. The predicted molar refractivity (Wildman–Crippen MR) is 88.6 cm³/mol. The largest absolute Gasteiger partial charge is 0.378 e. The van der Waals surface area contributed by atoms with Crippen molar-refractivity contribution in [1.82, 2.24) is 14.9 Å². The van der Waals surface area contributed by atoms with Crippen molar-refractivity contribution in [3.05, 3.63) is 47.4 Å². The van der Waals surface area contributed by atoms with Crippen LogP contribution in [0.1, 0.15) is 21.7 Å². The van der Waals surface area contributed by atoms with Gasteiger partial charge >= 0.3 is 0 Å². The third-order valence-corrected chi connectivity index (χ3v) is 4.25. The van der Waals surface area contributed by atoms with Crippen molar-refractivity contribution in [2.24, 2.45) is 7.05 Å². The SMILES string of the molecule is Cc1ccc(CNC(=O)c2ccc(N3CCOCC3)nc2)n1C. The lowest BCUT2D eigenvalue weighted by Gasteiger charge is -2.27. The Labute approximate surface area is 136 Å². The lowest BCUT2D eigenvalue weighted by atomic mass is 10.2. The number of rotatable bonds is 4. The van der Waals surface area contributed by atoms with Gasteiger partial charge in [-0.15, -0.1) is 0 Å². The standard InChI is InChI=1S/C17H22N4O2/c1-13-3-5-15(20(13)2)12-19-17(22)14-4-6-16(18-11-14)21-7-9-23-10-8-21/h3-6,11H,7-10,12H2,1-2H3,(H,19,22). The van der Waals surface area contributed by atoms with Crippen LogP contribution in [-0.2, 0) is 18.3 Å². The van der Waals surface area contributed by atoms with Crippen LogP contribution in [0.15, 0.2) is 30.5 Å². The monoisotopic (exact) mass is 314 g/mol. The van der Waals surface area contributed by atoms with E-state index in [9.17, 15) is 4.79 Å². The first kappa shape index (κ1) is 15.6. The molecular weight excluding hydrogens is 292 g/mol. The van der Waals surface area contributed by atoms with Crippen molar-refractivity contribution in [1.29, 1.82) is 0 Å². The fraction of sp³-hybridized carbons (Fsp3) is 0.412. The molecule has 0 saturated carbocycles. The average molecular weight is 314 g/mol. The van der Waals surface area contributed by atoms with E-state index in [-0.39, 0.29) is 5.91 Å². The van der Waals surface area contributed by atoms with Crippen LogP contribution in [0.2, 0.25) is 0 Å². The van der Waals surface area contributed by atoms with Crippen LogP contribution in [0.4, 0.5) is 5.82 Å². The number of morpholine rings is 1. The van der Waals surface area contributed by atoms with E-state index in [1.54, 1.807) is 6.20 Å². The Bertz CT molecular complexity index is 672. The Morgan fingerprint density at radius 1 is 1.26 bits per heavy atom. The molecule has 2 aromatic rings. The quantitative estimate of drug-likeness (QED) is 0.929. The molecule has 2 aromatic heterocycles. The maximum atomic E-state index is 12.2. The number of aryl methyl sites for hydroxylation is 1. The summed E-state index contributed by atoms with van der Waals surface area (Å²) in [6.45, 7) is 5.67. The van der Waals surface area contributed by atoms with Gasteiger partial charge in [-0.3, -0.25) is 4.79 Å². The van der Waals surface area contributed by atoms with E-state index in [1.807, 2.05) is 38.2 Å². The summed E-state index contributed by atoms with van der Waals surface area (Å²) in [6, 6.07) is 7.78. The minimum atomic E-state index is -0.107. The minimum absolute atomic E-state index is 0.107. The minimum Gasteiger partial charge on any atom is -0.378 e. The molecule has 0 spiro atoms. The molecule has 0 aromatic carbocycles. The second-order valence-corrected chi connectivity index (χ2v) is 5.71. The van der Waals surface area contributed by atoms with E-state index < -0.39 is 0 Å². The number of carbonyl (C=O) groups is 1. The van der Waals surface area contributed by atoms with E-state index in [1.165, 1.54) is 5.69 Å². The molecule has 0 aliphatic carbocycles. The summed E-state index contributed by atoms with van der Waals surface area (Å²) in [5.74, 6) is 0.785. The van der Waals surface area contributed by atoms with Crippen LogP contribution in [-0.4, -0.2) is 41.8 Å². The van der Waals surface area contributed by atoms with E-state index in [0.717, 1.165) is 37.8 Å². The van der Waals surface area contributed by atoms with Crippen LogP contribution in [0.3, 0.4) is 0 Å². The van der Waals surface area contributed by atoms with Crippen LogP contribution < -0.4 is 10.2 Å². The first-order valence-corrected chi connectivity index (χ1v) is 7.83. The molecule has 3 heterocycles. The summed E-state index contributed by atoms with van der Waals surface area (Å²) in [5.41, 5.74) is 2.83. The molecule has 1 fully saturated rings. The van der Waals surface area contributed by atoms with Crippen LogP contribution in [0.25, 0.3) is 0 Å². The molecule has 6 nitrogen and oxygen atoms in total. The Kier molecular flexibility index (Phi) is 4.62. The Morgan fingerprint density at radius 3 is 2.65 bits per heavy atom. The summed E-state index contributed by atoms with van der Waals surface area (Å²) < 4.78 is 7.40. The lowest BCUT2D eigenvalue weighted by molar-refractivity contribution is 0.0949. The summed E-state index contributed by atoms with van der Waals surface area (Å²) >= 11 is 0. The number of nitrogens with one attached hydrogen (secondary N) is 1. The smallest absolute Gasteiger partial charge is 0.253 e. The highest BCUT2D eigenvalue weighted by atomic mass is 16.5. The van der Waals surface area contributed by atoms with Gasteiger partial charge in [0, 0.05) is 37.7 Å². The van der Waals surface area contributed by atoms with E-state index in [2.05, 4.69) is 19.8 Å². The Balaban J connectivity index is 1.60. The van der Waals surface area contributed by atoms with Crippen LogP contribution in [0.5, 0.6) is 0 Å². The van der Waals surface area contributed by atoms with Gasteiger partial charge in [-0.05, 0) is 31.2 Å². The Morgan fingerprint density at radius 2 is 2.04 bits per heavy atom. The highest BCUT2D eigenvalue weighted by Crippen LogP contribution is 2.13. The fourth-order valence-electron chi connectivity index (χ4n) is 2.62. The topological polar surface area (TPSA) is 59.4 Å². The lowest BCUT2D eigenvalue weighted by Crippen LogP contribution is -2.36. The van der Waals surface area contributed by atoms with Crippen LogP contribution >= 0.6 is 0 Å². The first-order chi connectivity index (χ1) is 11.1. The number of anilines is 1. The van der Waals surface area contributed by atoms with Crippen molar-refractivity contribution in [3.63, 3.8) is 0 Å². The third-order valence-electron chi connectivity index (χ3n) is 4.25. The molecule has 1 amide bonds. The fourth-order valence-corrected chi connectivity index (χ4v) is 2.62. The molecule has 0 bridgehead atoms. The van der Waals surface area contributed by atoms with Crippen molar-refractivity contribution >= 4 is 11.7 Å². The molecule has 0 atom stereocenters. The van der Waals surface area contributed by atoms with E-state index in [4.69, 9.17) is 4.74 Å². The maximum absolute atomic E-state index is 12.2. The van der Waals surface area contributed by atoms with Gasteiger partial charge in [0.05, 0.1) is 25.3 Å². The molecule has 122 valence electrons. The van der Waals surface area contributed by atoms with Crippen molar-refractivity contribution < 1.29 is 9.53 Å². The zero-order valence-corrected chi connectivity index (χ0v) is 13.6. The molecule has 0 unspecified atom stereocenters. The molecule has 1 N–H and O–H groups in total. The zero-order valence-electron chi connectivity index (χ0n) is 13.6. The molecule has 1 aliphatic heterocycles. The van der Waals surface area contributed by atoms with E-state index >= 15 is 0 Å². The number of hydrogen-bond donors (Lipinski definition) is 1. The van der Waals surface area contributed by atoms with Gasteiger partial charge in [0.15, 0.2) is 0 Å². The van der Waals surface area contributed by atoms with Gasteiger partial charge in [0.2, 0.25) is 0 Å². The van der Waals surface area contributed by atoms with Gasteiger partial charge in [-0.25, -0.2) is 4.98 Å². The van der Waals surface area contributed by atoms with E-state index in [0.29, 0.717) is 12.1 Å². The zero-order chi connectivity index (χ0) is 16.2. The van der Waals surface area contributed by atoms with Crippen LogP contribution in [0, 0.1) is 6.92 Å². The molecule has 23 heavy (non-hydrogen) atoms. The number of amides is 1. The van der Waals surface area contributed by atoms with Gasteiger partial charge in [0.1, 0.15) is 5.82 Å². The second-order valence-electron chi connectivity index (χ2n) is 5.71. The van der Waals surface area contributed by atoms with Gasteiger partial charge in [-0.1, -0.05) is 0 Å². The number of carbonyl (C=O) groups excluding carboxylic acids is 1. The number of aromatic nitrogens is 2. The molecular formula is C17H22N4O2. The molecule has 3 rings (SSSR count). The molecule has 0 radical (unpaired) electrons. The van der Waals surface area contributed by atoms with Crippen molar-refractivity contribution in [2.45, 2.75) is 13.5 Å². The highest BCUT2D eigenvalue weighted by molar-refractivity contribution is 5.94. The summed E-state index contributed by atoms with van der Waals surface area (Å²) in [4.78, 5) is 18.8. The van der Waals surface area contributed by atoms with Gasteiger partial charge < -0.3 is 19.5 Å². The maximum Gasteiger partial charge on any atom is 0.253 e. The van der Waals surface area contributed by atoms with Gasteiger partial charge in [0.25, 0.3) is 5.91 Å². The number of nitrogens with zero attached hydrogens (tertiary/aromatic N) is 3. The van der Waals surface area contributed by atoms with Crippen molar-refractivity contribution in [2.75, 3.05) is 31.2 Å². The highest BCUT2D eigenvalue weighted by Gasteiger charge is 2.13. The van der Waals surface area contributed by atoms with Gasteiger partial charge in [-0.2, -0.15) is 0 Å². The molecule has 6 heteroatoms. The number of hydrogen-bond acceptors (Lipinski definition) is 4. The Hall–Kier alpha value is -2.34. The predicted octanol–water partition coefficient (Wildman–Crippen LogP) is 1.50. The average Bonchev–Trinajstić information content (AvgIpc) is 2.92. The normalized spacial score (nSPS) is 14.8. The molecule has 1 saturated heterocycles. The number of ether oxygens (including phenoxy) is 1. The second kappa shape index (κ2) is 6.83. The van der Waals surface area contributed by atoms with Crippen molar-refractivity contribution in [3.8, 4) is 0 Å².